The number of halogens is 2. The number of rotatable bonds is 4. The maximum atomic E-state index is 13.6. The van der Waals surface area contributed by atoms with Gasteiger partial charge >= 0.3 is 0 Å². The minimum Gasteiger partial charge on any atom is -0.381 e. The van der Waals surface area contributed by atoms with E-state index in [-0.39, 0.29) is 5.82 Å². The molecule has 0 atom stereocenters. The van der Waals surface area contributed by atoms with Crippen molar-refractivity contribution in [3.05, 3.63) is 64.4 Å². The van der Waals surface area contributed by atoms with Crippen LogP contribution in [0.25, 0.3) is 0 Å². The van der Waals surface area contributed by atoms with E-state index in [1.54, 1.807) is 12.1 Å². The molecule has 0 aliphatic heterocycles. The Labute approximate surface area is 118 Å². The Morgan fingerprint density at radius 1 is 1.11 bits per heavy atom. The highest BCUT2D eigenvalue weighted by molar-refractivity contribution is 6.30. The fourth-order valence-corrected chi connectivity index (χ4v) is 2.01. The van der Waals surface area contributed by atoms with Crippen molar-refractivity contribution in [1.82, 2.24) is 0 Å². The zero-order valence-corrected chi connectivity index (χ0v) is 11.8. The molecule has 0 amide bonds. The molecule has 0 spiro atoms. The number of anilines is 1. The molecule has 0 unspecified atom stereocenters. The Balaban J connectivity index is 2.02. The Hall–Kier alpha value is -1.54. The molecule has 2 aromatic carbocycles. The first-order valence-electron chi connectivity index (χ1n) is 6.34. The molecule has 0 aliphatic carbocycles. The lowest BCUT2D eigenvalue weighted by molar-refractivity contribution is 0.613. The summed E-state index contributed by atoms with van der Waals surface area (Å²) in [7, 11) is 0. The third-order valence-electron chi connectivity index (χ3n) is 3.08. The largest absolute Gasteiger partial charge is 0.381 e. The Morgan fingerprint density at radius 3 is 2.37 bits per heavy atom. The van der Waals surface area contributed by atoms with Crippen LogP contribution in [0.4, 0.5) is 10.1 Å². The predicted octanol–water partition coefficient (Wildman–Crippen LogP) is 5.21. The second-order valence-corrected chi connectivity index (χ2v) is 5.30. The predicted molar refractivity (Wildman–Crippen MR) is 79.3 cm³/mol. The van der Waals surface area contributed by atoms with Crippen molar-refractivity contribution < 1.29 is 4.39 Å². The fourth-order valence-electron chi connectivity index (χ4n) is 1.85. The monoisotopic (exact) mass is 277 g/mol. The molecule has 0 bridgehead atoms. The lowest BCUT2D eigenvalue weighted by atomic mass is 10.0. The van der Waals surface area contributed by atoms with Crippen molar-refractivity contribution in [2.75, 3.05) is 5.32 Å². The SMILES string of the molecule is CC(C)c1ccc(NCc2ccc(Cl)cc2F)cc1. The topological polar surface area (TPSA) is 12.0 Å². The molecule has 3 heteroatoms. The van der Waals surface area contributed by atoms with Gasteiger partial charge in [-0.1, -0.05) is 43.6 Å². The summed E-state index contributed by atoms with van der Waals surface area (Å²) < 4.78 is 13.6. The van der Waals surface area contributed by atoms with Gasteiger partial charge in [-0.25, -0.2) is 4.39 Å². The summed E-state index contributed by atoms with van der Waals surface area (Å²) in [5.74, 6) is 0.238. The van der Waals surface area contributed by atoms with Gasteiger partial charge in [0.05, 0.1) is 0 Å². The quantitative estimate of drug-likeness (QED) is 0.808. The van der Waals surface area contributed by atoms with E-state index in [2.05, 4.69) is 31.3 Å². The van der Waals surface area contributed by atoms with Crippen LogP contribution in [-0.4, -0.2) is 0 Å². The van der Waals surface area contributed by atoms with Gasteiger partial charge in [0.15, 0.2) is 0 Å². The van der Waals surface area contributed by atoms with Gasteiger partial charge in [-0.15, -0.1) is 0 Å². The van der Waals surface area contributed by atoms with E-state index in [1.807, 2.05) is 12.1 Å². The van der Waals surface area contributed by atoms with E-state index >= 15 is 0 Å². The van der Waals surface area contributed by atoms with Crippen LogP contribution in [-0.2, 0) is 6.54 Å². The Morgan fingerprint density at radius 2 is 1.79 bits per heavy atom. The van der Waals surface area contributed by atoms with Crippen molar-refractivity contribution in [2.24, 2.45) is 0 Å². The first kappa shape index (κ1) is 13.9. The normalized spacial score (nSPS) is 10.8. The van der Waals surface area contributed by atoms with Crippen LogP contribution in [0.2, 0.25) is 5.02 Å². The summed E-state index contributed by atoms with van der Waals surface area (Å²) in [5, 5.41) is 3.62. The molecule has 0 aromatic heterocycles. The van der Waals surface area contributed by atoms with Gasteiger partial charge in [-0.05, 0) is 35.7 Å². The van der Waals surface area contributed by atoms with Gasteiger partial charge in [0.2, 0.25) is 0 Å². The van der Waals surface area contributed by atoms with Crippen molar-refractivity contribution in [3.63, 3.8) is 0 Å². The van der Waals surface area contributed by atoms with Gasteiger partial charge < -0.3 is 5.32 Å². The number of hydrogen-bond acceptors (Lipinski definition) is 1. The molecule has 0 saturated carbocycles. The molecule has 2 aromatic rings. The fraction of sp³-hybridized carbons (Fsp3) is 0.250. The van der Waals surface area contributed by atoms with E-state index in [1.165, 1.54) is 11.6 Å². The van der Waals surface area contributed by atoms with E-state index in [0.717, 1.165) is 5.69 Å². The molecule has 0 saturated heterocycles. The minimum absolute atomic E-state index is 0.279. The van der Waals surface area contributed by atoms with E-state index in [4.69, 9.17) is 11.6 Å². The van der Waals surface area contributed by atoms with Gasteiger partial charge in [0.1, 0.15) is 5.82 Å². The van der Waals surface area contributed by atoms with Crippen LogP contribution < -0.4 is 5.32 Å². The third kappa shape index (κ3) is 3.71. The molecule has 0 fully saturated rings. The Bertz CT molecular complexity index is 549. The van der Waals surface area contributed by atoms with Crippen LogP contribution in [0.1, 0.15) is 30.9 Å². The highest BCUT2D eigenvalue weighted by Gasteiger charge is 2.03. The molecular formula is C16H17ClFN. The molecule has 2 rings (SSSR count). The molecule has 19 heavy (non-hydrogen) atoms. The van der Waals surface area contributed by atoms with Crippen LogP contribution in [0.15, 0.2) is 42.5 Å². The molecule has 1 nitrogen and oxygen atoms in total. The first-order valence-corrected chi connectivity index (χ1v) is 6.72. The van der Waals surface area contributed by atoms with Crippen LogP contribution in [0, 0.1) is 5.82 Å². The van der Waals surface area contributed by atoms with Gasteiger partial charge in [0.25, 0.3) is 0 Å². The summed E-state index contributed by atoms with van der Waals surface area (Å²) in [4.78, 5) is 0. The highest BCUT2D eigenvalue weighted by Crippen LogP contribution is 2.19. The molecule has 0 aliphatic rings. The third-order valence-corrected chi connectivity index (χ3v) is 3.31. The zero-order valence-electron chi connectivity index (χ0n) is 11.1. The Kier molecular flexibility index (Phi) is 4.43. The molecule has 100 valence electrons. The average molecular weight is 278 g/mol. The van der Waals surface area contributed by atoms with Crippen molar-refractivity contribution in [3.8, 4) is 0 Å². The zero-order chi connectivity index (χ0) is 13.8. The lowest BCUT2D eigenvalue weighted by Crippen LogP contribution is -2.01. The van der Waals surface area contributed by atoms with E-state index < -0.39 is 0 Å². The second kappa shape index (κ2) is 6.07. The standard InChI is InChI=1S/C16H17ClFN/c1-11(2)12-4-7-15(8-5-12)19-10-13-3-6-14(17)9-16(13)18/h3-9,11,19H,10H2,1-2H3. The van der Waals surface area contributed by atoms with Crippen molar-refractivity contribution in [1.29, 1.82) is 0 Å². The maximum absolute atomic E-state index is 13.6. The lowest BCUT2D eigenvalue weighted by Gasteiger charge is -2.10. The molecule has 0 heterocycles. The minimum atomic E-state index is -0.279. The van der Waals surface area contributed by atoms with Crippen LogP contribution in [0.3, 0.4) is 0 Å². The van der Waals surface area contributed by atoms with Gasteiger partial charge in [-0.3, -0.25) is 0 Å². The van der Waals surface area contributed by atoms with Crippen LogP contribution >= 0.6 is 11.6 Å². The molecular weight excluding hydrogens is 261 g/mol. The number of benzene rings is 2. The highest BCUT2D eigenvalue weighted by atomic mass is 35.5. The summed E-state index contributed by atoms with van der Waals surface area (Å²) >= 11 is 5.72. The summed E-state index contributed by atoms with van der Waals surface area (Å²) in [6, 6.07) is 12.9. The number of nitrogens with one attached hydrogen (secondary N) is 1. The summed E-state index contributed by atoms with van der Waals surface area (Å²) in [6.07, 6.45) is 0. The number of hydrogen-bond donors (Lipinski definition) is 1. The van der Waals surface area contributed by atoms with Gasteiger partial charge in [0, 0.05) is 22.8 Å². The van der Waals surface area contributed by atoms with E-state index in [9.17, 15) is 4.39 Å². The molecule has 1 N–H and O–H groups in total. The maximum Gasteiger partial charge on any atom is 0.129 e. The smallest absolute Gasteiger partial charge is 0.129 e. The first-order chi connectivity index (χ1) is 9.06. The average Bonchev–Trinajstić information content (AvgIpc) is 2.38. The second-order valence-electron chi connectivity index (χ2n) is 4.87. The molecule has 0 radical (unpaired) electrons. The van der Waals surface area contributed by atoms with Crippen molar-refractivity contribution >= 4 is 17.3 Å². The van der Waals surface area contributed by atoms with Crippen LogP contribution in [0.5, 0.6) is 0 Å². The summed E-state index contributed by atoms with van der Waals surface area (Å²) in [5.41, 5.74) is 2.89. The van der Waals surface area contributed by atoms with E-state index in [0.29, 0.717) is 23.0 Å². The summed E-state index contributed by atoms with van der Waals surface area (Å²) in [6.45, 7) is 4.76. The van der Waals surface area contributed by atoms with Gasteiger partial charge in [-0.2, -0.15) is 0 Å². The van der Waals surface area contributed by atoms with Crippen molar-refractivity contribution in [2.45, 2.75) is 26.3 Å².